The Morgan fingerprint density at radius 1 is 1.06 bits per heavy atom. The standard InChI is InChI=1S/C20H17Cl2NO9S/c1-29-19(24)13-9-31-10-23(18(13)20(25)30-2)15-5-4-12(8-17(15)33(26,27)28)32-16-6-3-11(21)7-14(16)22/h3-8H,9-10H2,1-2H3,(H,26,27,28). The molecule has 1 aliphatic rings. The Morgan fingerprint density at radius 3 is 2.36 bits per heavy atom. The predicted molar refractivity (Wildman–Crippen MR) is 117 cm³/mol. The smallest absolute Gasteiger partial charge is 0.355 e. The maximum absolute atomic E-state index is 12.5. The van der Waals surface area contributed by atoms with Crippen molar-refractivity contribution in [2.75, 3.05) is 32.5 Å². The van der Waals surface area contributed by atoms with Crippen molar-refractivity contribution >= 4 is 50.9 Å². The Hall–Kier alpha value is -2.83. The molecule has 1 aliphatic heterocycles. The lowest BCUT2D eigenvalue weighted by atomic mass is 10.1. The number of carbonyl (C=O) groups is 2. The number of benzene rings is 2. The molecule has 13 heteroatoms. The Kier molecular flexibility index (Phi) is 7.50. The van der Waals surface area contributed by atoms with Crippen LogP contribution in [0, 0.1) is 0 Å². The third kappa shape index (κ3) is 5.40. The van der Waals surface area contributed by atoms with Crippen molar-refractivity contribution in [1.82, 2.24) is 0 Å². The van der Waals surface area contributed by atoms with Crippen molar-refractivity contribution in [3.8, 4) is 11.5 Å². The number of methoxy groups -OCH3 is 2. The maximum Gasteiger partial charge on any atom is 0.355 e. The molecule has 1 N–H and O–H groups in total. The van der Waals surface area contributed by atoms with Crippen LogP contribution in [0.4, 0.5) is 5.69 Å². The molecule has 0 spiro atoms. The highest BCUT2D eigenvalue weighted by Gasteiger charge is 2.35. The van der Waals surface area contributed by atoms with E-state index in [1.165, 1.54) is 30.3 Å². The SMILES string of the molecule is COC(=O)C1=C(C(=O)OC)N(c2ccc(Oc3ccc(Cl)cc3Cl)cc2S(=O)(=O)O)COC1. The second-order valence-electron chi connectivity index (χ2n) is 6.50. The first-order valence-corrected chi connectivity index (χ1v) is 11.3. The van der Waals surface area contributed by atoms with Crippen molar-refractivity contribution in [3.05, 3.63) is 57.7 Å². The normalized spacial score (nSPS) is 14.2. The Labute approximate surface area is 198 Å². The van der Waals surface area contributed by atoms with E-state index in [0.717, 1.165) is 25.2 Å². The van der Waals surface area contributed by atoms with Crippen molar-refractivity contribution in [1.29, 1.82) is 0 Å². The predicted octanol–water partition coefficient (Wildman–Crippen LogP) is 3.43. The molecule has 0 saturated heterocycles. The zero-order chi connectivity index (χ0) is 24.3. The molecule has 0 unspecified atom stereocenters. The van der Waals surface area contributed by atoms with E-state index in [4.69, 9.17) is 37.4 Å². The highest BCUT2D eigenvalue weighted by Crippen LogP contribution is 2.37. The largest absolute Gasteiger partial charge is 0.466 e. The highest BCUT2D eigenvalue weighted by atomic mass is 35.5. The minimum Gasteiger partial charge on any atom is -0.466 e. The first kappa shape index (κ1) is 24.8. The molecule has 0 aliphatic carbocycles. The summed E-state index contributed by atoms with van der Waals surface area (Å²) in [4.78, 5) is 25.1. The van der Waals surface area contributed by atoms with E-state index < -0.39 is 27.0 Å². The molecule has 2 aromatic rings. The van der Waals surface area contributed by atoms with E-state index in [-0.39, 0.29) is 46.8 Å². The van der Waals surface area contributed by atoms with E-state index in [1.807, 2.05) is 0 Å². The second-order valence-corrected chi connectivity index (χ2v) is 8.73. The number of ether oxygens (including phenoxy) is 4. The van der Waals surface area contributed by atoms with E-state index in [0.29, 0.717) is 5.02 Å². The number of carbonyl (C=O) groups excluding carboxylic acids is 2. The molecular formula is C20H17Cl2NO9S. The van der Waals surface area contributed by atoms with Gasteiger partial charge in [0.2, 0.25) is 0 Å². The van der Waals surface area contributed by atoms with Gasteiger partial charge in [-0.15, -0.1) is 0 Å². The molecule has 3 rings (SSSR count). The summed E-state index contributed by atoms with van der Waals surface area (Å²) in [6, 6.07) is 8.09. The van der Waals surface area contributed by atoms with Crippen LogP contribution in [0.15, 0.2) is 52.6 Å². The van der Waals surface area contributed by atoms with E-state index in [1.54, 1.807) is 0 Å². The van der Waals surface area contributed by atoms with Crippen molar-refractivity contribution in [2.45, 2.75) is 4.90 Å². The number of rotatable bonds is 6. The summed E-state index contributed by atoms with van der Waals surface area (Å²) in [6.07, 6.45) is 0. The molecule has 0 radical (unpaired) electrons. The van der Waals surface area contributed by atoms with Gasteiger partial charge in [-0.1, -0.05) is 23.2 Å². The van der Waals surface area contributed by atoms with Gasteiger partial charge >= 0.3 is 11.9 Å². The lowest BCUT2D eigenvalue weighted by molar-refractivity contribution is -0.140. The van der Waals surface area contributed by atoms with Crippen molar-refractivity contribution in [2.24, 2.45) is 0 Å². The Bertz CT molecular complexity index is 1240. The molecule has 0 bridgehead atoms. The van der Waals surface area contributed by atoms with E-state index in [2.05, 4.69) is 4.74 Å². The molecular weight excluding hydrogens is 501 g/mol. The molecule has 33 heavy (non-hydrogen) atoms. The summed E-state index contributed by atoms with van der Waals surface area (Å²) in [5.41, 5.74) is -0.659. The van der Waals surface area contributed by atoms with Gasteiger partial charge in [0.25, 0.3) is 10.1 Å². The van der Waals surface area contributed by atoms with Gasteiger partial charge in [0, 0.05) is 11.1 Å². The molecule has 0 saturated carbocycles. The van der Waals surface area contributed by atoms with E-state index >= 15 is 0 Å². The molecule has 176 valence electrons. The Morgan fingerprint density at radius 2 is 1.76 bits per heavy atom. The van der Waals surface area contributed by atoms with Crippen LogP contribution in [0.25, 0.3) is 0 Å². The number of anilines is 1. The average Bonchev–Trinajstić information content (AvgIpc) is 2.78. The number of halogens is 2. The van der Waals surface area contributed by atoms with Gasteiger partial charge in [0.15, 0.2) is 0 Å². The number of hydrogen-bond acceptors (Lipinski definition) is 9. The third-order valence-corrected chi connectivity index (χ3v) is 5.87. The van der Waals surface area contributed by atoms with Gasteiger partial charge in [-0.05, 0) is 30.3 Å². The summed E-state index contributed by atoms with van der Waals surface area (Å²) in [5.74, 6) is -1.62. The molecule has 0 fully saturated rings. The van der Waals surface area contributed by atoms with Crippen LogP contribution in [0.1, 0.15) is 0 Å². The molecule has 0 amide bonds. The minimum atomic E-state index is -4.84. The fourth-order valence-electron chi connectivity index (χ4n) is 3.01. The van der Waals surface area contributed by atoms with Crippen LogP contribution < -0.4 is 9.64 Å². The van der Waals surface area contributed by atoms with Gasteiger partial charge in [-0.2, -0.15) is 8.42 Å². The van der Waals surface area contributed by atoms with Crippen LogP contribution in [-0.4, -0.2) is 52.5 Å². The summed E-state index contributed by atoms with van der Waals surface area (Å²) in [7, 11) is -2.63. The highest BCUT2D eigenvalue weighted by molar-refractivity contribution is 7.86. The van der Waals surface area contributed by atoms with Crippen LogP contribution >= 0.6 is 23.2 Å². The summed E-state index contributed by atoms with van der Waals surface area (Å²) in [5, 5.41) is 0.540. The van der Waals surface area contributed by atoms with Gasteiger partial charge in [0.05, 0.1) is 37.1 Å². The van der Waals surface area contributed by atoms with Gasteiger partial charge in [-0.25, -0.2) is 9.59 Å². The summed E-state index contributed by atoms with van der Waals surface area (Å²) in [6.45, 7) is -0.595. The van der Waals surface area contributed by atoms with E-state index in [9.17, 15) is 22.6 Å². The minimum absolute atomic E-state index is 0.00492. The zero-order valence-corrected chi connectivity index (χ0v) is 19.5. The molecule has 1 heterocycles. The topological polar surface area (TPSA) is 129 Å². The fraction of sp³-hybridized carbons (Fsp3) is 0.200. The van der Waals surface area contributed by atoms with Crippen molar-refractivity contribution < 1.29 is 41.5 Å². The molecule has 2 aromatic carbocycles. The van der Waals surface area contributed by atoms with Crippen LogP contribution in [0.2, 0.25) is 10.0 Å². The third-order valence-electron chi connectivity index (χ3n) is 4.45. The first-order valence-electron chi connectivity index (χ1n) is 9.06. The van der Waals surface area contributed by atoms with Crippen LogP contribution in [-0.2, 0) is 33.9 Å². The summed E-state index contributed by atoms with van der Waals surface area (Å²) >= 11 is 12.0. The molecule has 0 atom stereocenters. The fourth-order valence-corrected chi connectivity index (χ4v) is 4.16. The van der Waals surface area contributed by atoms with Gasteiger partial charge in [-0.3, -0.25) is 4.55 Å². The second kappa shape index (κ2) is 9.98. The quantitative estimate of drug-likeness (QED) is 0.449. The van der Waals surface area contributed by atoms with Gasteiger partial charge in [0.1, 0.15) is 28.8 Å². The lowest BCUT2D eigenvalue weighted by Crippen LogP contribution is -2.39. The Balaban J connectivity index is 2.13. The van der Waals surface area contributed by atoms with Crippen LogP contribution in [0.3, 0.4) is 0 Å². The van der Waals surface area contributed by atoms with Gasteiger partial charge < -0.3 is 23.8 Å². The molecule has 0 aromatic heterocycles. The number of esters is 2. The van der Waals surface area contributed by atoms with Crippen molar-refractivity contribution in [3.63, 3.8) is 0 Å². The van der Waals surface area contributed by atoms with Crippen LogP contribution in [0.5, 0.6) is 11.5 Å². The maximum atomic E-state index is 12.5. The zero-order valence-electron chi connectivity index (χ0n) is 17.2. The number of hydrogen-bond donors (Lipinski definition) is 1. The average molecular weight is 518 g/mol. The monoisotopic (exact) mass is 517 g/mol. The first-order chi connectivity index (χ1) is 15.6. The number of nitrogens with zero attached hydrogens (tertiary/aromatic N) is 1. The summed E-state index contributed by atoms with van der Waals surface area (Å²) < 4.78 is 54.7. The lowest BCUT2D eigenvalue weighted by Gasteiger charge is -2.32. The molecule has 10 nitrogen and oxygen atoms in total.